The molecule has 2 saturated heterocycles. The van der Waals surface area contributed by atoms with Gasteiger partial charge in [-0.25, -0.2) is 4.79 Å². The standard InChI is InChI=1S/C27H41N4O9PS.3C2H6/c1-18(40-41(37,38)39-2)21-15-19(13-14-23(21)31(35)36)16-28-25(33)12-6-4-3-5-9-20(32)10-7-8-11-24-26-22(17-42-24)29-27(34)30-26;3*1-2/h13-15,18,22,24,26H,3-12,16-17H2,1-2H3,(H,28,33)(H,37,38)(H2,29,30,34);3*1-2H3/p-1. The molecule has 1 aromatic rings. The molecule has 3 N–H and O–H groups in total. The van der Waals surface area contributed by atoms with Crippen LogP contribution in [0.4, 0.5) is 10.5 Å². The Kier molecular flexibility index (Phi) is 24.1. The number of benzene rings is 1. The zero-order valence-electron chi connectivity index (χ0n) is 30.0. The summed E-state index contributed by atoms with van der Waals surface area (Å²) in [6.45, 7) is 13.5. The number of nitro groups is 1. The summed E-state index contributed by atoms with van der Waals surface area (Å²) in [7, 11) is -3.67. The van der Waals surface area contributed by atoms with Gasteiger partial charge in [0.1, 0.15) is 5.78 Å². The molecule has 0 bridgehead atoms. The van der Waals surface area contributed by atoms with Gasteiger partial charge in [0.15, 0.2) is 0 Å². The monoisotopic (exact) mass is 717 g/mol. The van der Waals surface area contributed by atoms with Gasteiger partial charge >= 0.3 is 6.03 Å². The van der Waals surface area contributed by atoms with E-state index in [-0.39, 0.29) is 47.6 Å². The molecule has 3 amide bonds. The molecule has 0 spiro atoms. The molecule has 2 heterocycles. The fraction of sp³-hybridized carbons (Fsp3) is 0.727. The van der Waals surface area contributed by atoms with Crippen molar-refractivity contribution in [1.29, 1.82) is 0 Å². The smallest absolute Gasteiger partial charge is 0.315 e. The predicted molar refractivity (Wildman–Crippen MR) is 190 cm³/mol. The minimum absolute atomic E-state index is 0.0528. The summed E-state index contributed by atoms with van der Waals surface area (Å²) in [5, 5.41) is 20.5. The van der Waals surface area contributed by atoms with Gasteiger partial charge in [0.05, 0.1) is 28.7 Å². The molecule has 2 aliphatic heterocycles. The Hall–Kier alpha value is -2.51. The number of thioether (sulfide) groups is 1. The van der Waals surface area contributed by atoms with E-state index in [1.165, 1.54) is 25.1 Å². The summed E-state index contributed by atoms with van der Waals surface area (Å²) >= 11 is 1.89. The number of phosphoric ester groups is 1. The summed E-state index contributed by atoms with van der Waals surface area (Å²) in [6, 6.07) is 4.53. The molecular weight excluding hydrogens is 659 g/mol. The first-order chi connectivity index (χ1) is 23.0. The van der Waals surface area contributed by atoms with Gasteiger partial charge < -0.3 is 29.9 Å². The highest BCUT2D eigenvalue weighted by molar-refractivity contribution is 8.00. The molecule has 13 nitrogen and oxygen atoms in total. The Balaban J connectivity index is 0.00000348. The third-order valence-electron chi connectivity index (χ3n) is 7.47. The van der Waals surface area contributed by atoms with Gasteiger partial charge in [0.25, 0.3) is 13.5 Å². The molecule has 1 aromatic carbocycles. The van der Waals surface area contributed by atoms with E-state index in [0.29, 0.717) is 36.5 Å². The lowest BCUT2D eigenvalue weighted by atomic mass is 10.0. The summed E-state index contributed by atoms with van der Waals surface area (Å²) in [6.07, 6.45) is 6.29. The maximum atomic E-state index is 12.3. The Morgan fingerprint density at radius 1 is 1.02 bits per heavy atom. The van der Waals surface area contributed by atoms with Crippen molar-refractivity contribution in [3.05, 3.63) is 39.4 Å². The van der Waals surface area contributed by atoms with E-state index in [0.717, 1.165) is 51.4 Å². The molecule has 0 radical (unpaired) electrons. The first-order valence-electron chi connectivity index (χ1n) is 17.3. The number of ketones is 1. The molecule has 3 rings (SSSR count). The summed E-state index contributed by atoms with van der Waals surface area (Å²) in [4.78, 5) is 58.3. The van der Waals surface area contributed by atoms with E-state index in [1.54, 1.807) is 0 Å². The minimum Gasteiger partial charge on any atom is -0.756 e. The number of rotatable bonds is 19. The van der Waals surface area contributed by atoms with Gasteiger partial charge in [-0.3, -0.25) is 24.3 Å². The Morgan fingerprint density at radius 2 is 1.62 bits per heavy atom. The van der Waals surface area contributed by atoms with Crippen molar-refractivity contribution in [3.63, 3.8) is 0 Å². The number of phosphoric acid groups is 1. The number of Topliss-reactive ketones (excluding diaryl/α,β-unsaturated/α-hetero) is 1. The zero-order valence-corrected chi connectivity index (χ0v) is 31.7. The number of urea groups is 1. The minimum atomic E-state index is -4.61. The van der Waals surface area contributed by atoms with Crippen molar-refractivity contribution in [2.45, 2.75) is 143 Å². The van der Waals surface area contributed by atoms with Crippen molar-refractivity contribution >= 4 is 43.0 Å². The Labute approximate surface area is 291 Å². The van der Waals surface area contributed by atoms with Gasteiger partial charge in [-0.1, -0.05) is 66.9 Å². The van der Waals surface area contributed by atoms with Crippen molar-refractivity contribution < 1.29 is 37.8 Å². The number of carbonyl (C=O) groups is 3. The van der Waals surface area contributed by atoms with Crippen LogP contribution in [-0.4, -0.2) is 52.8 Å². The molecule has 15 heteroatoms. The third kappa shape index (κ3) is 16.7. The molecule has 5 atom stereocenters. The van der Waals surface area contributed by atoms with Crippen LogP contribution in [0, 0.1) is 10.1 Å². The summed E-state index contributed by atoms with van der Waals surface area (Å²) in [5.74, 6) is 1.04. The number of nitrogens with zero attached hydrogens (tertiary/aromatic N) is 1. The highest BCUT2D eigenvalue weighted by atomic mass is 32.2. The topological polar surface area (TPSA) is 189 Å². The second-order valence-electron chi connectivity index (χ2n) is 10.6. The van der Waals surface area contributed by atoms with Crippen molar-refractivity contribution in [1.82, 2.24) is 16.0 Å². The third-order valence-corrected chi connectivity index (χ3v) is 10.00. The lowest BCUT2D eigenvalue weighted by molar-refractivity contribution is -0.386. The van der Waals surface area contributed by atoms with Crippen LogP contribution < -0.4 is 20.8 Å². The fourth-order valence-electron chi connectivity index (χ4n) is 5.19. The number of hydrogen-bond donors (Lipinski definition) is 3. The maximum absolute atomic E-state index is 12.3. The van der Waals surface area contributed by atoms with Crippen LogP contribution in [0.5, 0.6) is 0 Å². The van der Waals surface area contributed by atoms with Gasteiger partial charge in [0, 0.05) is 50.0 Å². The summed E-state index contributed by atoms with van der Waals surface area (Å²) in [5.41, 5.74) is 0.313. The molecule has 2 aliphatic rings. The molecular formula is C33H58N4O9PS-. The van der Waals surface area contributed by atoms with E-state index < -0.39 is 18.8 Å². The normalized spacial score (nSPS) is 19.3. The molecule has 48 heavy (non-hydrogen) atoms. The highest BCUT2D eigenvalue weighted by Crippen LogP contribution is 2.44. The Bertz CT molecular complexity index is 1170. The predicted octanol–water partition coefficient (Wildman–Crippen LogP) is 7.12. The molecule has 0 saturated carbocycles. The SMILES string of the molecule is CC.CC.CC.COP(=O)([O-])OC(C)c1cc(CNC(=O)CCCCCCC(=O)CCCCC2SCC3NC(=O)NC32)ccc1[N+](=O)[O-]. The number of nitrogens with one attached hydrogen (secondary N) is 3. The van der Waals surface area contributed by atoms with Crippen LogP contribution >= 0.6 is 19.6 Å². The maximum Gasteiger partial charge on any atom is 0.315 e. The molecule has 5 unspecified atom stereocenters. The van der Waals surface area contributed by atoms with E-state index >= 15 is 0 Å². The zero-order chi connectivity index (χ0) is 36.7. The second-order valence-corrected chi connectivity index (χ2v) is 13.4. The van der Waals surface area contributed by atoms with Gasteiger partial charge in [-0.15, -0.1) is 0 Å². The average molecular weight is 718 g/mol. The molecule has 2 fully saturated rings. The van der Waals surface area contributed by atoms with Gasteiger partial charge in [-0.05, 0) is 44.2 Å². The van der Waals surface area contributed by atoms with Crippen molar-refractivity contribution in [2.24, 2.45) is 0 Å². The number of hydrogen-bond acceptors (Lipinski definition) is 10. The van der Waals surface area contributed by atoms with E-state index in [4.69, 9.17) is 4.52 Å². The van der Waals surface area contributed by atoms with Gasteiger partial charge in [0.2, 0.25) is 5.91 Å². The molecule has 0 aliphatic carbocycles. The van der Waals surface area contributed by atoms with Crippen molar-refractivity contribution in [2.75, 3.05) is 12.9 Å². The second kappa shape index (κ2) is 25.5. The van der Waals surface area contributed by atoms with Crippen LogP contribution in [0.2, 0.25) is 0 Å². The van der Waals surface area contributed by atoms with Crippen molar-refractivity contribution in [3.8, 4) is 0 Å². The number of unbranched alkanes of at least 4 members (excludes halogenated alkanes) is 4. The largest absolute Gasteiger partial charge is 0.756 e. The summed E-state index contributed by atoms with van der Waals surface area (Å²) < 4.78 is 20.8. The van der Waals surface area contributed by atoms with E-state index in [9.17, 15) is 34.0 Å². The first kappa shape index (κ1) is 45.5. The molecule has 276 valence electrons. The van der Waals surface area contributed by atoms with Crippen LogP contribution in [0.25, 0.3) is 0 Å². The number of amides is 3. The van der Waals surface area contributed by atoms with E-state index in [1.807, 2.05) is 53.3 Å². The number of carbonyl (C=O) groups excluding carboxylic acids is 3. The number of fused-ring (bicyclic) bond motifs is 1. The first-order valence-corrected chi connectivity index (χ1v) is 19.8. The fourth-order valence-corrected chi connectivity index (χ4v) is 7.32. The average Bonchev–Trinajstić information content (AvgIpc) is 3.65. The van der Waals surface area contributed by atoms with Gasteiger partial charge in [-0.2, -0.15) is 11.8 Å². The van der Waals surface area contributed by atoms with Crippen LogP contribution in [0.1, 0.15) is 130 Å². The van der Waals surface area contributed by atoms with E-state index in [2.05, 4.69) is 20.5 Å². The lowest BCUT2D eigenvalue weighted by Crippen LogP contribution is -2.36. The Morgan fingerprint density at radius 3 is 2.23 bits per heavy atom. The molecule has 0 aromatic heterocycles. The lowest BCUT2D eigenvalue weighted by Gasteiger charge is -2.24. The van der Waals surface area contributed by atoms with Crippen LogP contribution in [0.15, 0.2) is 18.2 Å². The van der Waals surface area contributed by atoms with Crippen LogP contribution in [-0.2, 0) is 29.7 Å². The van der Waals surface area contributed by atoms with Crippen LogP contribution in [0.3, 0.4) is 0 Å². The number of nitro benzene ring substituents is 1. The highest BCUT2D eigenvalue weighted by Gasteiger charge is 2.42. The quantitative estimate of drug-likeness (QED) is 0.0437.